The van der Waals surface area contributed by atoms with Gasteiger partial charge in [0, 0.05) is 24.3 Å². The van der Waals surface area contributed by atoms with Gasteiger partial charge < -0.3 is 0 Å². The number of rotatable bonds is 2. The predicted molar refractivity (Wildman–Crippen MR) is 53.1 cm³/mol. The number of nitrogens with zero attached hydrogens (tertiary/aromatic N) is 2. The summed E-state index contributed by atoms with van der Waals surface area (Å²) < 4.78 is 22.6. The molecule has 4 nitrogen and oxygen atoms in total. The molecule has 13 heavy (non-hydrogen) atoms. The van der Waals surface area contributed by atoms with Crippen LogP contribution < -0.4 is 0 Å². The van der Waals surface area contributed by atoms with E-state index in [1.54, 1.807) is 16.7 Å². The number of thioether (sulfide) groups is 1. The molecule has 0 bridgehead atoms. The van der Waals surface area contributed by atoms with Gasteiger partial charge in [0.1, 0.15) is 5.37 Å². The molecule has 0 amide bonds. The highest BCUT2D eigenvalue weighted by Crippen LogP contribution is 2.19. The Balaban J connectivity index is 2.74. The summed E-state index contributed by atoms with van der Waals surface area (Å²) in [7, 11) is -3.04. The summed E-state index contributed by atoms with van der Waals surface area (Å²) in [6, 6.07) is 1.99. The van der Waals surface area contributed by atoms with Crippen LogP contribution in [0.2, 0.25) is 0 Å². The molecule has 0 spiro atoms. The van der Waals surface area contributed by atoms with Crippen LogP contribution in [0.25, 0.3) is 0 Å². The first-order valence-corrected chi connectivity index (χ1v) is 7.04. The van der Waals surface area contributed by atoms with E-state index in [0.29, 0.717) is 12.3 Å². The van der Waals surface area contributed by atoms with Crippen molar-refractivity contribution in [2.75, 3.05) is 30.9 Å². The zero-order valence-electron chi connectivity index (χ0n) is 7.43. The first-order valence-electron chi connectivity index (χ1n) is 3.93. The monoisotopic (exact) mass is 220 g/mol. The molecule has 0 aromatic rings. The summed E-state index contributed by atoms with van der Waals surface area (Å²) in [6.07, 6.45) is 1.23. The molecule has 1 rings (SSSR count). The number of nitriles is 1. The zero-order valence-corrected chi connectivity index (χ0v) is 9.07. The maximum atomic E-state index is 11.3. The molecule has 0 radical (unpaired) electrons. The normalized spacial score (nSPS) is 25.4. The Morgan fingerprint density at radius 1 is 1.69 bits per heavy atom. The summed E-state index contributed by atoms with van der Waals surface area (Å²) in [5.74, 6) is 1.49. The van der Waals surface area contributed by atoms with Crippen LogP contribution in [0.5, 0.6) is 0 Å². The summed E-state index contributed by atoms with van der Waals surface area (Å²) >= 11 is 1.63. The molecule has 1 unspecified atom stereocenters. The second-order valence-corrected chi connectivity index (χ2v) is 6.34. The molecule has 74 valence electrons. The quantitative estimate of drug-likeness (QED) is 0.610. The first kappa shape index (κ1) is 10.8. The van der Waals surface area contributed by atoms with Gasteiger partial charge in [-0.05, 0) is 0 Å². The third kappa shape index (κ3) is 2.86. The molecule has 0 saturated carbocycles. The largest absolute Gasteiger partial charge is 0.273 e. The zero-order chi connectivity index (χ0) is 9.90. The Bertz CT molecular complexity index is 307. The van der Waals surface area contributed by atoms with Gasteiger partial charge in [-0.2, -0.15) is 17.0 Å². The smallest absolute Gasteiger partial charge is 0.164 e. The molecule has 1 atom stereocenters. The Hall–Kier alpha value is -0.250. The predicted octanol–water partition coefficient (Wildman–Crippen LogP) is -0.0705. The highest BCUT2D eigenvalue weighted by Gasteiger charge is 2.30. The van der Waals surface area contributed by atoms with Crippen LogP contribution in [0, 0.1) is 11.3 Å². The lowest BCUT2D eigenvalue weighted by Crippen LogP contribution is -2.46. The summed E-state index contributed by atoms with van der Waals surface area (Å²) in [6.45, 7) is 0.897. The minimum Gasteiger partial charge on any atom is -0.273 e. The van der Waals surface area contributed by atoms with Crippen LogP contribution in [-0.2, 0) is 9.84 Å². The van der Waals surface area contributed by atoms with E-state index < -0.39 is 15.2 Å². The summed E-state index contributed by atoms with van der Waals surface area (Å²) in [5, 5.41) is 8.04. The SMILES string of the molecule is CS(=O)(=O)C1CSCCN1CC#N. The fourth-order valence-electron chi connectivity index (χ4n) is 1.28. The van der Waals surface area contributed by atoms with Crippen LogP contribution in [0.4, 0.5) is 0 Å². The standard InChI is InChI=1S/C7H12N2O2S2/c1-13(10,11)7-6-12-5-4-9(7)3-2-8/h7H,3-6H2,1H3. The summed E-state index contributed by atoms with van der Waals surface area (Å²) in [4.78, 5) is 1.73. The minimum absolute atomic E-state index is 0.207. The topological polar surface area (TPSA) is 61.2 Å². The van der Waals surface area contributed by atoms with Crippen LogP contribution >= 0.6 is 11.8 Å². The lowest BCUT2D eigenvalue weighted by Gasteiger charge is -2.31. The molecule has 0 aromatic heterocycles. The van der Waals surface area contributed by atoms with E-state index in [-0.39, 0.29) is 6.54 Å². The molecule has 1 aliphatic heterocycles. The van der Waals surface area contributed by atoms with Crippen molar-refractivity contribution in [2.24, 2.45) is 0 Å². The van der Waals surface area contributed by atoms with E-state index in [1.807, 2.05) is 6.07 Å². The second kappa shape index (κ2) is 4.31. The Morgan fingerprint density at radius 2 is 2.38 bits per heavy atom. The third-order valence-corrected chi connectivity index (χ3v) is 4.65. The van der Waals surface area contributed by atoms with Crippen LogP contribution in [0.1, 0.15) is 0 Å². The molecule has 0 aromatic carbocycles. The van der Waals surface area contributed by atoms with E-state index in [2.05, 4.69) is 0 Å². The van der Waals surface area contributed by atoms with Crippen molar-refractivity contribution >= 4 is 21.6 Å². The number of hydrogen-bond donors (Lipinski definition) is 0. The molecule has 1 fully saturated rings. The molecular weight excluding hydrogens is 208 g/mol. The van der Waals surface area contributed by atoms with Gasteiger partial charge in [-0.25, -0.2) is 8.42 Å². The van der Waals surface area contributed by atoms with E-state index in [4.69, 9.17) is 5.26 Å². The van der Waals surface area contributed by atoms with Crippen molar-refractivity contribution in [2.45, 2.75) is 5.37 Å². The van der Waals surface area contributed by atoms with E-state index in [0.717, 1.165) is 5.75 Å². The molecule has 0 N–H and O–H groups in total. The van der Waals surface area contributed by atoms with Gasteiger partial charge in [0.05, 0.1) is 12.6 Å². The fourth-order valence-corrected chi connectivity index (χ4v) is 4.22. The van der Waals surface area contributed by atoms with Crippen LogP contribution in [-0.4, -0.2) is 49.5 Å². The average molecular weight is 220 g/mol. The molecule has 1 aliphatic rings. The van der Waals surface area contributed by atoms with Crippen molar-refractivity contribution in [3.05, 3.63) is 0 Å². The molecule has 1 saturated heterocycles. The first-order chi connectivity index (χ1) is 6.05. The Kier molecular flexibility index (Phi) is 3.59. The highest BCUT2D eigenvalue weighted by molar-refractivity contribution is 8.00. The van der Waals surface area contributed by atoms with Gasteiger partial charge in [0.15, 0.2) is 9.84 Å². The molecular formula is C7H12N2O2S2. The van der Waals surface area contributed by atoms with Crippen LogP contribution in [0.3, 0.4) is 0 Å². The van der Waals surface area contributed by atoms with Crippen molar-refractivity contribution in [3.63, 3.8) is 0 Å². The fraction of sp³-hybridized carbons (Fsp3) is 0.857. The van der Waals surface area contributed by atoms with Gasteiger partial charge in [-0.1, -0.05) is 0 Å². The van der Waals surface area contributed by atoms with E-state index in [1.165, 1.54) is 6.26 Å². The average Bonchev–Trinajstić information content (AvgIpc) is 2.04. The Morgan fingerprint density at radius 3 is 2.92 bits per heavy atom. The number of sulfone groups is 1. The molecule has 6 heteroatoms. The number of hydrogen-bond acceptors (Lipinski definition) is 5. The lowest BCUT2D eigenvalue weighted by atomic mass is 10.5. The van der Waals surface area contributed by atoms with Gasteiger partial charge in [-0.15, -0.1) is 0 Å². The van der Waals surface area contributed by atoms with Crippen molar-refractivity contribution in [3.8, 4) is 6.07 Å². The molecule has 1 heterocycles. The van der Waals surface area contributed by atoms with Gasteiger partial charge in [0.25, 0.3) is 0 Å². The van der Waals surface area contributed by atoms with E-state index in [9.17, 15) is 8.42 Å². The third-order valence-electron chi connectivity index (χ3n) is 1.96. The Labute approximate surface area is 82.8 Å². The maximum Gasteiger partial charge on any atom is 0.164 e. The van der Waals surface area contributed by atoms with Crippen molar-refractivity contribution < 1.29 is 8.42 Å². The maximum absolute atomic E-state index is 11.3. The molecule has 0 aliphatic carbocycles. The van der Waals surface area contributed by atoms with Crippen molar-refractivity contribution in [1.82, 2.24) is 4.90 Å². The minimum atomic E-state index is -3.04. The van der Waals surface area contributed by atoms with Crippen LogP contribution in [0.15, 0.2) is 0 Å². The van der Waals surface area contributed by atoms with E-state index >= 15 is 0 Å². The second-order valence-electron chi connectivity index (χ2n) is 2.99. The lowest BCUT2D eigenvalue weighted by molar-refractivity contribution is 0.303. The summed E-state index contributed by atoms with van der Waals surface area (Å²) in [5.41, 5.74) is 0. The van der Waals surface area contributed by atoms with Crippen molar-refractivity contribution in [1.29, 1.82) is 5.26 Å². The van der Waals surface area contributed by atoms with Gasteiger partial charge in [0.2, 0.25) is 0 Å². The van der Waals surface area contributed by atoms with Gasteiger partial charge >= 0.3 is 0 Å². The van der Waals surface area contributed by atoms with Gasteiger partial charge in [-0.3, -0.25) is 4.90 Å². The highest BCUT2D eigenvalue weighted by atomic mass is 32.2.